The highest BCUT2D eigenvalue weighted by Crippen LogP contribution is 2.37. The Kier molecular flexibility index (Phi) is 3.85. The summed E-state index contributed by atoms with van der Waals surface area (Å²) >= 11 is 0. The average molecular weight is 225 g/mol. The van der Waals surface area contributed by atoms with Gasteiger partial charge in [0, 0.05) is 5.54 Å². The third kappa shape index (κ3) is 2.57. The summed E-state index contributed by atoms with van der Waals surface area (Å²) < 4.78 is 0. The molecule has 1 saturated carbocycles. The van der Waals surface area contributed by atoms with E-state index in [1.54, 1.807) is 0 Å². The predicted molar refractivity (Wildman–Crippen MR) is 63.5 cm³/mol. The summed E-state index contributed by atoms with van der Waals surface area (Å²) in [4.78, 5) is 13.6. The molecule has 3 heteroatoms. The van der Waals surface area contributed by atoms with E-state index in [4.69, 9.17) is 5.11 Å². The second kappa shape index (κ2) is 5.17. The minimum Gasteiger partial charge on any atom is -0.481 e. The first kappa shape index (κ1) is 11.9. The highest BCUT2D eigenvalue weighted by Gasteiger charge is 2.39. The number of rotatable bonds is 3. The molecule has 2 rings (SSSR count). The first-order valence-electron chi connectivity index (χ1n) is 6.70. The van der Waals surface area contributed by atoms with Gasteiger partial charge in [-0.15, -0.1) is 0 Å². The monoisotopic (exact) mass is 225 g/mol. The third-order valence-corrected chi connectivity index (χ3v) is 4.29. The highest BCUT2D eigenvalue weighted by atomic mass is 16.4. The molecule has 0 unspecified atom stereocenters. The van der Waals surface area contributed by atoms with Crippen molar-refractivity contribution in [1.82, 2.24) is 4.90 Å². The van der Waals surface area contributed by atoms with E-state index in [-0.39, 0.29) is 5.54 Å². The van der Waals surface area contributed by atoms with Gasteiger partial charge in [0.2, 0.25) is 0 Å². The number of hydrogen-bond donors (Lipinski definition) is 1. The summed E-state index contributed by atoms with van der Waals surface area (Å²) in [7, 11) is 0. The molecule has 1 saturated heterocycles. The molecule has 2 aliphatic rings. The Morgan fingerprint density at radius 2 is 1.56 bits per heavy atom. The van der Waals surface area contributed by atoms with E-state index in [1.165, 1.54) is 38.5 Å². The van der Waals surface area contributed by atoms with Crippen LogP contribution in [0.2, 0.25) is 0 Å². The van der Waals surface area contributed by atoms with Crippen LogP contribution in [-0.4, -0.2) is 34.6 Å². The Balaban J connectivity index is 2.11. The molecule has 92 valence electrons. The number of carboxylic acid groups (broad SMARTS) is 1. The predicted octanol–water partition coefficient (Wildman–Crippen LogP) is 2.65. The van der Waals surface area contributed by atoms with Gasteiger partial charge in [-0.1, -0.05) is 25.7 Å². The molecule has 0 amide bonds. The van der Waals surface area contributed by atoms with Crippen molar-refractivity contribution in [2.75, 3.05) is 13.1 Å². The lowest BCUT2D eigenvalue weighted by molar-refractivity contribution is -0.140. The van der Waals surface area contributed by atoms with Crippen molar-refractivity contribution in [1.29, 1.82) is 0 Å². The van der Waals surface area contributed by atoms with Crippen LogP contribution in [0.5, 0.6) is 0 Å². The first-order valence-corrected chi connectivity index (χ1v) is 6.70. The van der Waals surface area contributed by atoms with E-state index < -0.39 is 5.97 Å². The van der Waals surface area contributed by atoms with Crippen LogP contribution in [-0.2, 0) is 4.79 Å². The Morgan fingerprint density at radius 3 is 2.06 bits per heavy atom. The maximum Gasteiger partial charge on any atom is 0.305 e. The van der Waals surface area contributed by atoms with E-state index in [2.05, 4.69) is 4.90 Å². The fourth-order valence-corrected chi connectivity index (χ4v) is 3.46. The molecule has 0 atom stereocenters. The van der Waals surface area contributed by atoms with Gasteiger partial charge in [-0.2, -0.15) is 0 Å². The van der Waals surface area contributed by atoms with Crippen molar-refractivity contribution >= 4 is 5.97 Å². The molecule has 1 N–H and O–H groups in total. The molecule has 16 heavy (non-hydrogen) atoms. The molecular weight excluding hydrogens is 202 g/mol. The van der Waals surface area contributed by atoms with Crippen molar-refractivity contribution in [2.24, 2.45) is 0 Å². The standard InChI is InChI=1S/C13H23NO2/c15-12(16)11-13(14-9-5-6-10-14)7-3-1-2-4-8-13/h1-11H2,(H,15,16). The summed E-state index contributed by atoms with van der Waals surface area (Å²) in [5.41, 5.74) is -0.00116. The SMILES string of the molecule is O=C(O)CC1(N2CCCC2)CCCCCC1. The minimum absolute atomic E-state index is 0.00116. The quantitative estimate of drug-likeness (QED) is 0.751. The molecule has 3 nitrogen and oxygen atoms in total. The number of hydrogen-bond acceptors (Lipinski definition) is 2. The molecule has 0 spiro atoms. The van der Waals surface area contributed by atoms with Crippen LogP contribution in [0.1, 0.15) is 57.8 Å². The van der Waals surface area contributed by atoms with Gasteiger partial charge in [-0.25, -0.2) is 0 Å². The van der Waals surface area contributed by atoms with Crippen molar-refractivity contribution < 1.29 is 9.90 Å². The maximum absolute atomic E-state index is 11.1. The summed E-state index contributed by atoms with van der Waals surface area (Å²) in [6.45, 7) is 2.24. The van der Waals surface area contributed by atoms with Gasteiger partial charge in [0.1, 0.15) is 0 Å². The molecule has 1 aliphatic heterocycles. The Labute approximate surface area is 97.8 Å². The van der Waals surface area contributed by atoms with Crippen molar-refractivity contribution in [3.8, 4) is 0 Å². The summed E-state index contributed by atoms with van der Waals surface area (Å²) in [5.74, 6) is -0.617. The van der Waals surface area contributed by atoms with Gasteiger partial charge in [0.05, 0.1) is 6.42 Å². The zero-order valence-corrected chi connectivity index (χ0v) is 10.1. The highest BCUT2D eigenvalue weighted by molar-refractivity contribution is 5.68. The smallest absolute Gasteiger partial charge is 0.305 e. The molecule has 0 aromatic carbocycles. The van der Waals surface area contributed by atoms with Gasteiger partial charge in [-0.05, 0) is 38.8 Å². The lowest BCUT2D eigenvalue weighted by atomic mass is 9.85. The fraction of sp³-hybridized carbons (Fsp3) is 0.923. The molecule has 0 radical (unpaired) electrons. The maximum atomic E-state index is 11.1. The molecule has 0 aromatic rings. The topological polar surface area (TPSA) is 40.5 Å². The third-order valence-electron chi connectivity index (χ3n) is 4.29. The molecule has 2 fully saturated rings. The lowest BCUT2D eigenvalue weighted by Crippen LogP contribution is -2.48. The number of carbonyl (C=O) groups is 1. The summed E-state index contributed by atoms with van der Waals surface area (Å²) in [6, 6.07) is 0. The molecular formula is C13H23NO2. The van der Waals surface area contributed by atoms with Crippen LogP contribution < -0.4 is 0 Å². The Hall–Kier alpha value is -0.570. The fourth-order valence-electron chi connectivity index (χ4n) is 3.46. The largest absolute Gasteiger partial charge is 0.481 e. The van der Waals surface area contributed by atoms with E-state index in [9.17, 15) is 4.79 Å². The zero-order valence-electron chi connectivity index (χ0n) is 10.1. The number of aliphatic carboxylic acids is 1. The molecule has 1 heterocycles. The van der Waals surface area contributed by atoms with E-state index >= 15 is 0 Å². The first-order chi connectivity index (χ1) is 7.73. The van der Waals surface area contributed by atoms with Crippen LogP contribution in [0.4, 0.5) is 0 Å². The van der Waals surface area contributed by atoms with Crippen LogP contribution in [0.3, 0.4) is 0 Å². The van der Waals surface area contributed by atoms with Crippen LogP contribution in [0.25, 0.3) is 0 Å². The molecule has 0 aromatic heterocycles. The van der Waals surface area contributed by atoms with Gasteiger partial charge >= 0.3 is 5.97 Å². The summed E-state index contributed by atoms with van der Waals surface area (Å²) in [5, 5.41) is 9.16. The molecule has 0 bridgehead atoms. The molecule has 1 aliphatic carbocycles. The number of likely N-dealkylation sites (tertiary alicyclic amines) is 1. The van der Waals surface area contributed by atoms with Gasteiger partial charge in [0.15, 0.2) is 0 Å². The van der Waals surface area contributed by atoms with Crippen LogP contribution in [0, 0.1) is 0 Å². The Bertz CT molecular complexity index is 238. The van der Waals surface area contributed by atoms with Crippen LogP contribution >= 0.6 is 0 Å². The van der Waals surface area contributed by atoms with E-state index in [0.29, 0.717) is 6.42 Å². The second-order valence-electron chi connectivity index (χ2n) is 5.40. The van der Waals surface area contributed by atoms with Crippen LogP contribution in [0.15, 0.2) is 0 Å². The second-order valence-corrected chi connectivity index (χ2v) is 5.40. The van der Waals surface area contributed by atoms with Crippen molar-refractivity contribution in [3.05, 3.63) is 0 Å². The Morgan fingerprint density at radius 1 is 1.00 bits per heavy atom. The summed E-state index contributed by atoms with van der Waals surface area (Å²) in [6.07, 6.45) is 10.0. The van der Waals surface area contributed by atoms with Gasteiger partial charge in [0.25, 0.3) is 0 Å². The average Bonchev–Trinajstić information content (AvgIpc) is 2.67. The number of nitrogens with zero attached hydrogens (tertiary/aromatic N) is 1. The van der Waals surface area contributed by atoms with Gasteiger partial charge < -0.3 is 5.11 Å². The number of carboxylic acids is 1. The lowest BCUT2D eigenvalue weighted by Gasteiger charge is -2.40. The van der Waals surface area contributed by atoms with E-state index in [1.807, 2.05) is 0 Å². The van der Waals surface area contributed by atoms with E-state index in [0.717, 1.165) is 25.9 Å². The van der Waals surface area contributed by atoms with Crippen molar-refractivity contribution in [2.45, 2.75) is 63.3 Å². The zero-order chi connectivity index (χ0) is 11.4. The normalized spacial score (nSPS) is 26.5. The van der Waals surface area contributed by atoms with Crippen molar-refractivity contribution in [3.63, 3.8) is 0 Å². The van der Waals surface area contributed by atoms with Gasteiger partial charge in [-0.3, -0.25) is 9.69 Å². The minimum atomic E-state index is -0.617.